The van der Waals surface area contributed by atoms with Crippen molar-refractivity contribution in [3.8, 4) is 11.8 Å². The Balaban J connectivity index is 2.49. The normalized spacial score (nSPS) is 11.7. The van der Waals surface area contributed by atoms with Gasteiger partial charge in [0.05, 0.1) is 18.9 Å². The number of nitrogens with zero attached hydrogens (tertiary/aromatic N) is 3. The van der Waals surface area contributed by atoms with Crippen molar-refractivity contribution in [2.75, 3.05) is 7.11 Å². The minimum atomic E-state index is -0.406. The molecule has 0 aliphatic rings. The van der Waals surface area contributed by atoms with Crippen molar-refractivity contribution in [2.24, 2.45) is 0 Å². The molecule has 0 aliphatic heterocycles. The van der Waals surface area contributed by atoms with E-state index in [2.05, 4.69) is 16.3 Å². The van der Waals surface area contributed by atoms with Crippen LogP contribution in [-0.4, -0.2) is 17.3 Å². The monoisotopic (exact) mass is 253 g/mol. The van der Waals surface area contributed by atoms with Crippen LogP contribution in [0, 0.1) is 25.2 Å². The van der Waals surface area contributed by atoms with Crippen LogP contribution in [0.5, 0.6) is 5.75 Å². The third kappa shape index (κ3) is 2.55. The molecule has 1 unspecified atom stereocenters. The number of rotatable bonds is 3. The van der Waals surface area contributed by atoms with Crippen LogP contribution >= 0.6 is 0 Å². The van der Waals surface area contributed by atoms with Crippen molar-refractivity contribution < 1.29 is 4.74 Å². The molecule has 19 heavy (non-hydrogen) atoms. The summed E-state index contributed by atoms with van der Waals surface area (Å²) in [7, 11) is 1.65. The minimum absolute atomic E-state index is 0.406. The lowest BCUT2D eigenvalue weighted by molar-refractivity contribution is 0.408. The highest BCUT2D eigenvalue weighted by Gasteiger charge is 2.17. The number of aryl methyl sites for hydroxylation is 2. The number of benzene rings is 1. The maximum atomic E-state index is 9.39. The van der Waals surface area contributed by atoms with Gasteiger partial charge in [0.25, 0.3) is 0 Å². The summed E-state index contributed by atoms with van der Waals surface area (Å²) in [5, 5.41) is 17.2. The van der Waals surface area contributed by atoms with Gasteiger partial charge in [0.15, 0.2) is 0 Å². The summed E-state index contributed by atoms with van der Waals surface area (Å²) in [5.74, 6) is 0.455. The summed E-state index contributed by atoms with van der Waals surface area (Å²) in [6.07, 6.45) is 1.60. The Hall–Kier alpha value is -2.41. The maximum Gasteiger partial charge on any atom is 0.124 e. The van der Waals surface area contributed by atoms with Crippen LogP contribution < -0.4 is 4.74 Å². The van der Waals surface area contributed by atoms with Crippen LogP contribution in [0.4, 0.5) is 0 Å². The first-order chi connectivity index (χ1) is 9.17. The lowest BCUT2D eigenvalue weighted by Crippen LogP contribution is -2.04. The van der Waals surface area contributed by atoms with Gasteiger partial charge in [-0.2, -0.15) is 15.5 Å². The first-order valence-electron chi connectivity index (χ1n) is 5.99. The van der Waals surface area contributed by atoms with E-state index in [1.54, 1.807) is 19.4 Å². The van der Waals surface area contributed by atoms with Crippen molar-refractivity contribution in [3.05, 3.63) is 52.8 Å². The predicted octanol–water partition coefficient (Wildman–Crippen LogP) is 2.76. The van der Waals surface area contributed by atoms with Crippen molar-refractivity contribution in [2.45, 2.75) is 19.8 Å². The van der Waals surface area contributed by atoms with E-state index in [0.29, 0.717) is 5.69 Å². The molecule has 0 saturated heterocycles. The number of methoxy groups -OCH3 is 1. The zero-order valence-corrected chi connectivity index (χ0v) is 11.2. The van der Waals surface area contributed by atoms with Crippen LogP contribution in [0.3, 0.4) is 0 Å². The largest absolute Gasteiger partial charge is 0.496 e. The van der Waals surface area contributed by atoms with E-state index in [9.17, 15) is 5.26 Å². The second kappa shape index (κ2) is 5.49. The van der Waals surface area contributed by atoms with Gasteiger partial charge in [0.2, 0.25) is 0 Å². The Bertz CT molecular complexity index is 594. The summed E-state index contributed by atoms with van der Waals surface area (Å²) < 4.78 is 5.34. The summed E-state index contributed by atoms with van der Waals surface area (Å²) in [6, 6.07) is 9.82. The van der Waals surface area contributed by atoms with Gasteiger partial charge in [-0.15, -0.1) is 0 Å². The molecule has 2 aromatic rings. The SMILES string of the molecule is COc1c(C)cc(C(C#N)c2cccnn2)cc1C. The molecule has 1 atom stereocenters. The lowest BCUT2D eigenvalue weighted by atomic mass is 9.93. The molecule has 0 amide bonds. The van der Waals surface area contributed by atoms with Crippen LogP contribution in [-0.2, 0) is 0 Å². The summed E-state index contributed by atoms with van der Waals surface area (Å²) in [5.41, 5.74) is 3.61. The third-order valence-corrected chi connectivity index (χ3v) is 3.04. The molecule has 4 heteroatoms. The number of nitriles is 1. The number of hydrogen-bond acceptors (Lipinski definition) is 4. The molecule has 0 aliphatic carbocycles. The molecule has 0 fully saturated rings. The topological polar surface area (TPSA) is 58.8 Å². The average molecular weight is 253 g/mol. The Morgan fingerprint density at radius 2 is 1.95 bits per heavy atom. The fourth-order valence-electron chi connectivity index (χ4n) is 2.25. The van der Waals surface area contributed by atoms with Crippen molar-refractivity contribution in [3.63, 3.8) is 0 Å². The highest BCUT2D eigenvalue weighted by molar-refractivity contribution is 5.47. The summed E-state index contributed by atoms with van der Waals surface area (Å²) in [6.45, 7) is 3.95. The van der Waals surface area contributed by atoms with Crippen LogP contribution in [0.1, 0.15) is 28.3 Å². The molecular weight excluding hydrogens is 238 g/mol. The average Bonchev–Trinajstić information content (AvgIpc) is 2.40. The molecular formula is C15H15N3O. The standard InChI is InChI=1S/C15H15N3O/c1-10-7-12(8-11(2)15(10)19-3)13(9-16)14-5-4-6-17-18-14/h4-8,13H,1-3H3. The fraction of sp³-hybridized carbons (Fsp3) is 0.267. The Kier molecular flexibility index (Phi) is 3.76. The maximum absolute atomic E-state index is 9.39. The summed E-state index contributed by atoms with van der Waals surface area (Å²) >= 11 is 0. The molecule has 1 aromatic carbocycles. The van der Waals surface area contributed by atoms with E-state index in [1.807, 2.05) is 32.0 Å². The van der Waals surface area contributed by atoms with Crippen LogP contribution in [0.2, 0.25) is 0 Å². The molecule has 4 nitrogen and oxygen atoms in total. The predicted molar refractivity (Wildman–Crippen MR) is 72.0 cm³/mol. The molecule has 1 heterocycles. The van der Waals surface area contributed by atoms with Gasteiger partial charge in [-0.1, -0.05) is 12.1 Å². The first-order valence-corrected chi connectivity index (χ1v) is 5.99. The first kappa shape index (κ1) is 13.0. The Morgan fingerprint density at radius 1 is 1.26 bits per heavy atom. The van der Waals surface area contributed by atoms with Gasteiger partial charge in [-0.05, 0) is 42.7 Å². The van der Waals surface area contributed by atoms with E-state index in [1.165, 1.54) is 0 Å². The third-order valence-electron chi connectivity index (χ3n) is 3.04. The van der Waals surface area contributed by atoms with E-state index in [-0.39, 0.29) is 0 Å². The molecule has 1 aromatic heterocycles. The van der Waals surface area contributed by atoms with E-state index < -0.39 is 5.92 Å². The second-order valence-electron chi connectivity index (χ2n) is 4.40. The highest BCUT2D eigenvalue weighted by atomic mass is 16.5. The van der Waals surface area contributed by atoms with Crippen molar-refractivity contribution >= 4 is 0 Å². The van der Waals surface area contributed by atoms with Crippen molar-refractivity contribution in [1.82, 2.24) is 10.2 Å². The van der Waals surface area contributed by atoms with Gasteiger partial charge in [-0.25, -0.2) is 0 Å². The van der Waals surface area contributed by atoms with Gasteiger partial charge in [0.1, 0.15) is 11.7 Å². The molecule has 0 radical (unpaired) electrons. The molecule has 0 saturated carbocycles. The smallest absolute Gasteiger partial charge is 0.124 e. The molecule has 2 rings (SSSR count). The number of aromatic nitrogens is 2. The molecule has 96 valence electrons. The second-order valence-corrected chi connectivity index (χ2v) is 4.40. The number of hydrogen-bond donors (Lipinski definition) is 0. The highest BCUT2D eigenvalue weighted by Crippen LogP contribution is 2.30. The Morgan fingerprint density at radius 3 is 2.42 bits per heavy atom. The van der Waals surface area contributed by atoms with E-state index >= 15 is 0 Å². The molecule has 0 bridgehead atoms. The lowest BCUT2D eigenvalue weighted by Gasteiger charge is -2.14. The van der Waals surface area contributed by atoms with Gasteiger partial charge in [-0.3, -0.25) is 0 Å². The molecule has 0 N–H and O–H groups in total. The van der Waals surface area contributed by atoms with Gasteiger partial charge < -0.3 is 4.74 Å². The zero-order chi connectivity index (χ0) is 13.8. The number of ether oxygens (including phenoxy) is 1. The minimum Gasteiger partial charge on any atom is -0.496 e. The van der Waals surface area contributed by atoms with Crippen molar-refractivity contribution in [1.29, 1.82) is 5.26 Å². The quantitative estimate of drug-likeness (QED) is 0.844. The zero-order valence-electron chi connectivity index (χ0n) is 11.2. The van der Waals surface area contributed by atoms with Crippen LogP contribution in [0.25, 0.3) is 0 Å². The fourth-order valence-corrected chi connectivity index (χ4v) is 2.25. The van der Waals surface area contributed by atoms with Crippen LogP contribution in [0.15, 0.2) is 30.5 Å². The van der Waals surface area contributed by atoms with E-state index in [0.717, 1.165) is 22.4 Å². The van der Waals surface area contributed by atoms with Gasteiger partial charge >= 0.3 is 0 Å². The molecule has 0 spiro atoms. The Labute approximate surface area is 112 Å². The summed E-state index contributed by atoms with van der Waals surface area (Å²) in [4.78, 5) is 0. The van der Waals surface area contributed by atoms with E-state index in [4.69, 9.17) is 4.74 Å². The van der Waals surface area contributed by atoms with Gasteiger partial charge in [0, 0.05) is 6.20 Å².